The Morgan fingerprint density at radius 3 is 2.57 bits per heavy atom. The van der Waals surface area contributed by atoms with Crippen molar-refractivity contribution in [2.24, 2.45) is 0 Å². The number of hydrogen-bond donors (Lipinski definition) is 1. The molecule has 0 aliphatic heterocycles. The molecule has 1 N–H and O–H groups in total. The number of carbonyl (C=O) groups is 1. The van der Waals surface area contributed by atoms with Crippen molar-refractivity contribution in [3.8, 4) is 11.3 Å². The smallest absolute Gasteiger partial charge is 0.261 e. The molecule has 8 heteroatoms. The van der Waals surface area contributed by atoms with Crippen molar-refractivity contribution in [2.75, 3.05) is 4.72 Å². The van der Waals surface area contributed by atoms with Crippen LogP contribution >= 0.6 is 0 Å². The zero-order valence-corrected chi connectivity index (χ0v) is 15.7. The van der Waals surface area contributed by atoms with Crippen LogP contribution < -0.4 is 4.72 Å². The van der Waals surface area contributed by atoms with Gasteiger partial charge in [-0.2, -0.15) is 0 Å². The molecule has 2 heterocycles. The predicted molar refractivity (Wildman–Crippen MR) is 106 cm³/mol. The number of nitrogens with zero attached hydrogens (tertiary/aromatic N) is 3. The molecule has 0 atom stereocenters. The quantitative estimate of drug-likeness (QED) is 0.526. The van der Waals surface area contributed by atoms with Crippen molar-refractivity contribution in [2.45, 2.75) is 11.8 Å². The van der Waals surface area contributed by atoms with Crippen LogP contribution in [0, 0.1) is 0 Å². The number of ketones is 1. The van der Waals surface area contributed by atoms with Gasteiger partial charge < -0.3 is 0 Å². The number of Topliss-reactive ketones (excluding diaryl/α,β-unsaturated/α-hetero) is 1. The number of carbonyl (C=O) groups excluding carboxylic acids is 1. The molecule has 0 unspecified atom stereocenters. The van der Waals surface area contributed by atoms with Crippen LogP contribution in [0.25, 0.3) is 17.0 Å². The largest absolute Gasteiger partial charge is 0.295 e. The summed E-state index contributed by atoms with van der Waals surface area (Å²) >= 11 is 0. The Labute approximate surface area is 161 Å². The van der Waals surface area contributed by atoms with Gasteiger partial charge in [0.1, 0.15) is 0 Å². The van der Waals surface area contributed by atoms with Gasteiger partial charge in [0.05, 0.1) is 10.6 Å². The molecule has 2 aromatic heterocycles. The summed E-state index contributed by atoms with van der Waals surface area (Å²) in [5.41, 5.74) is 2.34. The summed E-state index contributed by atoms with van der Waals surface area (Å²) in [7, 11) is -3.80. The maximum Gasteiger partial charge on any atom is 0.261 e. The molecular weight excluding hydrogens is 376 g/mol. The first kappa shape index (κ1) is 17.9. The lowest BCUT2D eigenvalue weighted by Gasteiger charge is -2.09. The normalized spacial score (nSPS) is 11.5. The molecule has 140 valence electrons. The maximum absolute atomic E-state index is 12.6. The Hall–Kier alpha value is -3.52. The number of aromatic nitrogens is 3. The van der Waals surface area contributed by atoms with Gasteiger partial charge in [-0.3, -0.25) is 13.9 Å². The standard InChI is InChI=1S/C20H16N4O3S/c1-14(25)16-4-2-5-18(12-16)28(26,27)23-17-8-6-15(7-9-17)19-13-24-11-3-10-21-20(24)22-19/h2-13,23H,1H3. The summed E-state index contributed by atoms with van der Waals surface area (Å²) in [6, 6.07) is 14.7. The number of benzene rings is 2. The molecule has 0 saturated heterocycles. The van der Waals surface area contributed by atoms with Crippen LogP contribution in [-0.4, -0.2) is 28.6 Å². The molecule has 0 radical (unpaired) electrons. The van der Waals surface area contributed by atoms with Gasteiger partial charge in [-0.1, -0.05) is 24.3 Å². The zero-order chi connectivity index (χ0) is 19.7. The first-order valence-electron chi connectivity index (χ1n) is 8.46. The molecule has 0 spiro atoms. The summed E-state index contributed by atoms with van der Waals surface area (Å²) in [6.45, 7) is 1.40. The first-order chi connectivity index (χ1) is 13.4. The summed E-state index contributed by atoms with van der Waals surface area (Å²) in [5.74, 6) is 0.399. The number of sulfonamides is 1. The Kier molecular flexibility index (Phi) is 4.40. The number of hydrogen-bond acceptors (Lipinski definition) is 5. The topological polar surface area (TPSA) is 93.4 Å². The molecule has 0 aliphatic rings. The van der Waals surface area contributed by atoms with E-state index in [0.717, 1.165) is 11.3 Å². The van der Waals surface area contributed by atoms with Crippen LogP contribution in [0.3, 0.4) is 0 Å². The minimum absolute atomic E-state index is 0.0377. The van der Waals surface area contributed by atoms with Gasteiger partial charge in [0.25, 0.3) is 10.0 Å². The van der Waals surface area contributed by atoms with Gasteiger partial charge in [0.15, 0.2) is 5.78 Å². The number of fused-ring (bicyclic) bond motifs is 1. The van der Waals surface area contributed by atoms with E-state index in [1.165, 1.54) is 19.1 Å². The second-order valence-corrected chi connectivity index (χ2v) is 7.90. The third kappa shape index (κ3) is 3.49. The Bertz CT molecular complexity index is 1250. The van der Waals surface area contributed by atoms with E-state index in [1.54, 1.807) is 42.6 Å². The Morgan fingerprint density at radius 1 is 1.07 bits per heavy atom. The zero-order valence-electron chi connectivity index (χ0n) is 14.9. The summed E-state index contributed by atoms with van der Waals surface area (Å²) in [4.78, 5) is 20.2. The highest BCUT2D eigenvalue weighted by atomic mass is 32.2. The minimum atomic E-state index is -3.80. The third-order valence-corrected chi connectivity index (χ3v) is 5.60. The maximum atomic E-state index is 12.6. The van der Waals surface area contributed by atoms with E-state index in [2.05, 4.69) is 14.7 Å². The highest BCUT2D eigenvalue weighted by Crippen LogP contribution is 2.23. The van der Waals surface area contributed by atoms with E-state index in [-0.39, 0.29) is 10.7 Å². The molecule has 2 aromatic carbocycles. The van der Waals surface area contributed by atoms with Gasteiger partial charge in [-0.05, 0) is 37.3 Å². The molecule has 28 heavy (non-hydrogen) atoms. The van der Waals surface area contributed by atoms with E-state index < -0.39 is 10.0 Å². The molecule has 0 fully saturated rings. The van der Waals surface area contributed by atoms with Crippen LogP contribution in [0.4, 0.5) is 5.69 Å². The van der Waals surface area contributed by atoms with E-state index in [4.69, 9.17) is 0 Å². The van der Waals surface area contributed by atoms with Crippen molar-refractivity contribution < 1.29 is 13.2 Å². The van der Waals surface area contributed by atoms with Crippen molar-refractivity contribution in [1.29, 1.82) is 0 Å². The van der Waals surface area contributed by atoms with Crippen LogP contribution in [-0.2, 0) is 10.0 Å². The summed E-state index contributed by atoms with van der Waals surface area (Å²) in [5, 5.41) is 0. The molecule has 4 rings (SSSR count). The lowest BCUT2D eigenvalue weighted by molar-refractivity contribution is 0.101. The average Bonchev–Trinajstić information content (AvgIpc) is 3.12. The highest BCUT2D eigenvalue weighted by molar-refractivity contribution is 7.92. The molecule has 0 amide bonds. The predicted octanol–water partition coefficient (Wildman–Crippen LogP) is 3.40. The second-order valence-electron chi connectivity index (χ2n) is 6.22. The molecule has 0 aliphatic carbocycles. The Morgan fingerprint density at radius 2 is 1.86 bits per heavy atom. The van der Waals surface area contributed by atoms with Gasteiger partial charge in [0, 0.05) is 35.4 Å². The van der Waals surface area contributed by atoms with E-state index >= 15 is 0 Å². The fraction of sp³-hybridized carbons (Fsp3) is 0.0500. The molecular formula is C20H16N4O3S. The first-order valence-corrected chi connectivity index (χ1v) is 9.95. The lowest BCUT2D eigenvalue weighted by atomic mass is 10.1. The third-order valence-electron chi connectivity index (χ3n) is 4.22. The number of nitrogens with one attached hydrogen (secondary N) is 1. The van der Waals surface area contributed by atoms with Crippen LogP contribution in [0.2, 0.25) is 0 Å². The molecule has 7 nitrogen and oxygen atoms in total. The highest BCUT2D eigenvalue weighted by Gasteiger charge is 2.16. The average molecular weight is 392 g/mol. The summed E-state index contributed by atoms with van der Waals surface area (Å²) in [6.07, 6.45) is 5.39. The molecule has 4 aromatic rings. The van der Waals surface area contributed by atoms with Gasteiger partial charge in [-0.25, -0.2) is 18.4 Å². The van der Waals surface area contributed by atoms with Crippen LogP contribution in [0.15, 0.2) is 78.1 Å². The second kappa shape index (κ2) is 6.90. The van der Waals surface area contributed by atoms with Gasteiger partial charge in [0.2, 0.25) is 5.78 Å². The lowest BCUT2D eigenvalue weighted by Crippen LogP contribution is -2.13. The number of rotatable bonds is 5. The van der Waals surface area contributed by atoms with Crippen molar-refractivity contribution in [3.63, 3.8) is 0 Å². The monoisotopic (exact) mass is 392 g/mol. The molecule has 0 saturated carbocycles. The minimum Gasteiger partial charge on any atom is -0.295 e. The van der Waals surface area contributed by atoms with E-state index in [9.17, 15) is 13.2 Å². The van der Waals surface area contributed by atoms with Crippen molar-refractivity contribution >= 4 is 27.3 Å². The van der Waals surface area contributed by atoms with Gasteiger partial charge >= 0.3 is 0 Å². The van der Waals surface area contributed by atoms with Crippen molar-refractivity contribution in [1.82, 2.24) is 14.4 Å². The Balaban J connectivity index is 1.58. The SMILES string of the molecule is CC(=O)c1cccc(S(=O)(=O)Nc2ccc(-c3cn4cccnc4n3)cc2)c1. The van der Waals surface area contributed by atoms with Crippen LogP contribution in [0.5, 0.6) is 0 Å². The van der Waals surface area contributed by atoms with Gasteiger partial charge in [-0.15, -0.1) is 0 Å². The van der Waals surface area contributed by atoms with Crippen molar-refractivity contribution in [3.05, 3.63) is 78.8 Å². The summed E-state index contributed by atoms with van der Waals surface area (Å²) < 4.78 is 29.5. The van der Waals surface area contributed by atoms with Crippen LogP contribution in [0.1, 0.15) is 17.3 Å². The fourth-order valence-corrected chi connectivity index (χ4v) is 3.88. The van der Waals surface area contributed by atoms with E-state index in [0.29, 0.717) is 17.0 Å². The fourth-order valence-electron chi connectivity index (χ4n) is 2.77. The van der Waals surface area contributed by atoms with E-state index in [1.807, 2.05) is 22.9 Å². The number of anilines is 1. The number of imidazole rings is 1. The molecule has 0 bridgehead atoms.